The van der Waals surface area contributed by atoms with Crippen molar-refractivity contribution in [2.24, 2.45) is 5.92 Å². The molecule has 0 aliphatic rings. The number of hydrogen-bond acceptors (Lipinski definition) is 5. The van der Waals surface area contributed by atoms with Gasteiger partial charge in [0.1, 0.15) is 5.75 Å². The predicted octanol–water partition coefficient (Wildman–Crippen LogP) is 1.95. The van der Waals surface area contributed by atoms with Crippen LogP contribution in [0.5, 0.6) is 5.75 Å². The van der Waals surface area contributed by atoms with E-state index in [0.29, 0.717) is 13.1 Å². The van der Waals surface area contributed by atoms with E-state index in [-0.39, 0.29) is 11.9 Å². The van der Waals surface area contributed by atoms with E-state index in [1.165, 1.54) is 7.11 Å². The Hall–Kier alpha value is -1.62. The molecule has 112 valence electrons. The SMILES string of the molecule is COC(=O)C(C)CN(C)Cc1ncc(C)c(OC)c1C. The molecule has 0 bridgehead atoms. The van der Waals surface area contributed by atoms with Gasteiger partial charge in [-0.3, -0.25) is 14.7 Å². The standard InChI is InChI=1S/C15H24N2O3/c1-10-7-16-13(12(3)14(10)19-5)9-17(4)8-11(2)15(18)20-6/h7,11H,8-9H2,1-6H3. The van der Waals surface area contributed by atoms with Crippen LogP contribution in [0.15, 0.2) is 6.20 Å². The lowest BCUT2D eigenvalue weighted by atomic mass is 10.1. The van der Waals surface area contributed by atoms with Crippen molar-refractivity contribution in [2.45, 2.75) is 27.3 Å². The maximum atomic E-state index is 11.4. The van der Waals surface area contributed by atoms with Gasteiger partial charge in [0.15, 0.2) is 0 Å². The number of aromatic nitrogens is 1. The topological polar surface area (TPSA) is 51.7 Å². The lowest BCUT2D eigenvalue weighted by Crippen LogP contribution is -2.29. The van der Waals surface area contributed by atoms with Crippen molar-refractivity contribution in [1.29, 1.82) is 0 Å². The fourth-order valence-corrected chi connectivity index (χ4v) is 2.29. The maximum absolute atomic E-state index is 11.4. The highest BCUT2D eigenvalue weighted by Crippen LogP contribution is 2.24. The third-order valence-electron chi connectivity index (χ3n) is 3.36. The van der Waals surface area contributed by atoms with Gasteiger partial charge in [0.05, 0.1) is 25.8 Å². The second-order valence-electron chi connectivity index (χ2n) is 5.17. The van der Waals surface area contributed by atoms with Crippen LogP contribution in [0.25, 0.3) is 0 Å². The molecule has 0 fully saturated rings. The summed E-state index contributed by atoms with van der Waals surface area (Å²) in [7, 11) is 5.05. The lowest BCUT2D eigenvalue weighted by Gasteiger charge is -2.21. The molecule has 0 spiro atoms. The van der Waals surface area contributed by atoms with E-state index in [0.717, 1.165) is 22.6 Å². The van der Waals surface area contributed by atoms with E-state index in [9.17, 15) is 4.79 Å². The van der Waals surface area contributed by atoms with Crippen LogP contribution in [-0.4, -0.2) is 43.7 Å². The summed E-state index contributed by atoms with van der Waals surface area (Å²) in [4.78, 5) is 17.9. The van der Waals surface area contributed by atoms with Gasteiger partial charge >= 0.3 is 5.97 Å². The van der Waals surface area contributed by atoms with Crippen molar-refractivity contribution in [2.75, 3.05) is 27.8 Å². The van der Waals surface area contributed by atoms with Crippen LogP contribution in [0, 0.1) is 19.8 Å². The fraction of sp³-hybridized carbons (Fsp3) is 0.600. The first kappa shape index (κ1) is 16.4. The minimum Gasteiger partial charge on any atom is -0.496 e. The summed E-state index contributed by atoms with van der Waals surface area (Å²) in [5.74, 6) is 0.532. The number of ether oxygens (including phenoxy) is 2. The quantitative estimate of drug-likeness (QED) is 0.745. The van der Waals surface area contributed by atoms with Crippen molar-refractivity contribution in [1.82, 2.24) is 9.88 Å². The van der Waals surface area contributed by atoms with Gasteiger partial charge in [-0.1, -0.05) is 6.92 Å². The van der Waals surface area contributed by atoms with Crippen molar-refractivity contribution in [3.05, 3.63) is 23.0 Å². The van der Waals surface area contributed by atoms with Crippen molar-refractivity contribution >= 4 is 5.97 Å². The van der Waals surface area contributed by atoms with Crippen molar-refractivity contribution < 1.29 is 14.3 Å². The largest absolute Gasteiger partial charge is 0.496 e. The molecule has 0 saturated heterocycles. The second kappa shape index (κ2) is 7.24. The molecule has 0 N–H and O–H groups in total. The number of hydrogen-bond donors (Lipinski definition) is 0. The summed E-state index contributed by atoms with van der Waals surface area (Å²) in [6.45, 7) is 7.14. The van der Waals surface area contributed by atoms with Gasteiger partial charge in [0.25, 0.3) is 0 Å². The Balaban J connectivity index is 2.76. The van der Waals surface area contributed by atoms with E-state index in [4.69, 9.17) is 9.47 Å². The highest BCUT2D eigenvalue weighted by atomic mass is 16.5. The third kappa shape index (κ3) is 3.93. The molecule has 0 saturated carbocycles. The molecule has 20 heavy (non-hydrogen) atoms. The molecular formula is C15H24N2O3. The Morgan fingerprint density at radius 3 is 2.60 bits per heavy atom. The summed E-state index contributed by atoms with van der Waals surface area (Å²) < 4.78 is 10.1. The molecule has 0 aromatic carbocycles. The van der Waals surface area contributed by atoms with Crippen LogP contribution in [0.3, 0.4) is 0 Å². The van der Waals surface area contributed by atoms with Gasteiger partial charge in [-0.25, -0.2) is 0 Å². The van der Waals surface area contributed by atoms with E-state index in [2.05, 4.69) is 9.88 Å². The number of nitrogens with zero attached hydrogens (tertiary/aromatic N) is 2. The molecule has 1 rings (SSSR count). The van der Waals surface area contributed by atoms with Crippen LogP contribution >= 0.6 is 0 Å². The molecule has 1 heterocycles. The van der Waals surface area contributed by atoms with E-state index >= 15 is 0 Å². The minimum absolute atomic E-state index is 0.155. The van der Waals surface area contributed by atoms with Crippen LogP contribution in [0.1, 0.15) is 23.7 Å². The molecular weight excluding hydrogens is 256 g/mol. The number of carbonyl (C=O) groups is 1. The van der Waals surface area contributed by atoms with Crippen molar-refractivity contribution in [3.63, 3.8) is 0 Å². The maximum Gasteiger partial charge on any atom is 0.309 e. The summed E-state index contributed by atoms with van der Waals surface area (Å²) in [6.07, 6.45) is 1.82. The average Bonchev–Trinajstić information content (AvgIpc) is 2.41. The summed E-state index contributed by atoms with van der Waals surface area (Å²) in [6, 6.07) is 0. The van der Waals surface area contributed by atoms with E-state index < -0.39 is 0 Å². The first-order chi connectivity index (χ1) is 9.40. The monoisotopic (exact) mass is 280 g/mol. The Morgan fingerprint density at radius 2 is 2.05 bits per heavy atom. The number of rotatable bonds is 6. The molecule has 1 aromatic rings. The number of carbonyl (C=O) groups excluding carboxylic acids is 1. The van der Waals surface area contributed by atoms with Gasteiger partial charge < -0.3 is 9.47 Å². The molecule has 1 unspecified atom stereocenters. The van der Waals surface area contributed by atoms with Crippen molar-refractivity contribution in [3.8, 4) is 5.75 Å². The zero-order chi connectivity index (χ0) is 15.3. The highest BCUT2D eigenvalue weighted by molar-refractivity contribution is 5.72. The van der Waals surface area contributed by atoms with Gasteiger partial charge in [-0.05, 0) is 20.9 Å². The highest BCUT2D eigenvalue weighted by Gasteiger charge is 2.17. The Morgan fingerprint density at radius 1 is 1.40 bits per heavy atom. The Labute approximate surface area is 120 Å². The molecule has 0 radical (unpaired) electrons. The second-order valence-corrected chi connectivity index (χ2v) is 5.17. The van der Waals surface area contributed by atoms with Crippen LogP contribution in [-0.2, 0) is 16.1 Å². The predicted molar refractivity (Wildman–Crippen MR) is 77.8 cm³/mol. The molecule has 1 atom stereocenters. The van der Waals surface area contributed by atoms with Crippen LogP contribution < -0.4 is 4.74 Å². The number of methoxy groups -OCH3 is 2. The number of aryl methyl sites for hydroxylation is 1. The number of esters is 1. The van der Waals surface area contributed by atoms with Crippen LogP contribution in [0.4, 0.5) is 0 Å². The molecule has 1 aromatic heterocycles. The van der Waals surface area contributed by atoms with Gasteiger partial charge in [-0.15, -0.1) is 0 Å². The summed E-state index contributed by atoms with van der Waals surface area (Å²) in [5, 5.41) is 0. The summed E-state index contributed by atoms with van der Waals surface area (Å²) in [5.41, 5.74) is 3.04. The van der Waals surface area contributed by atoms with Gasteiger partial charge in [-0.2, -0.15) is 0 Å². The molecule has 5 nitrogen and oxygen atoms in total. The molecule has 0 amide bonds. The van der Waals surface area contributed by atoms with Gasteiger partial charge in [0, 0.05) is 30.4 Å². The van der Waals surface area contributed by atoms with Crippen LogP contribution in [0.2, 0.25) is 0 Å². The Bertz CT molecular complexity index is 474. The number of pyridine rings is 1. The first-order valence-electron chi connectivity index (χ1n) is 6.66. The zero-order valence-corrected chi connectivity index (χ0v) is 13.2. The Kier molecular flexibility index (Phi) is 5.95. The van der Waals surface area contributed by atoms with E-state index in [1.54, 1.807) is 7.11 Å². The zero-order valence-electron chi connectivity index (χ0n) is 13.2. The van der Waals surface area contributed by atoms with E-state index in [1.807, 2.05) is 34.0 Å². The van der Waals surface area contributed by atoms with Gasteiger partial charge in [0.2, 0.25) is 0 Å². The first-order valence-corrected chi connectivity index (χ1v) is 6.66. The lowest BCUT2D eigenvalue weighted by molar-refractivity contribution is -0.145. The fourth-order valence-electron chi connectivity index (χ4n) is 2.29. The summed E-state index contributed by atoms with van der Waals surface area (Å²) >= 11 is 0. The molecule has 0 aliphatic heterocycles. The average molecular weight is 280 g/mol. The minimum atomic E-state index is -0.192. The smallest absolute Gasteiger partial charge is 0.309 e. The normalized spacial score (nSPS) is 12.3. The molecule has 0 aliphatic carbocycles. The molecule has 5 heteroatoms. The third-order valence-corrected chi connectivity index (χ3v) is 3.36.